The second-order valence-corrected chi connectivity index (χ2v) is 7.97. The number of rotatable bonds is 1. The lowest BCUT2D eigenvalue weighted by atomic mass is 9.90. The molecule has 6 rings (SSSR count). The lowest BCUT2D eigenvalue weighted by molar-refractivity contribution is 0.484. The average molecular weight is 384 g/mol. The number of aromatic hydroxyl groups is 1. The fourth-order valence-corrected chi connectivity index (χ4v) is 4.87. The van der Waals surface area contributed by atoms with Gasteiger partial charge in [0.1, 0.15) is 5.75 Å². The van der Waals surface area contributed by atoms with Crippen molar-refractivity contribution in [1.29, 1.82) is 0 Å². The van der Waals surface area contributed by atoms with Gasteiger partial charge in [0.25, 0.3) is 0 Å². The summed E-state index contributed by atoms with van der Waals surface area (Å²) in [6, 6.07) is 33.8. The second-order valence-electron chi connectivity index (χ2n) is 7.97. The van der Waals surface area contributed by atoms with Crippen LogP contribution in [0.5, 0.6) is 5.75 Å². The van der Waals surface area contributed by atoms with E-state index in [9.17, 15) is 5.11 Å². The highest BCUT2D eigenvalue weighted by atomic mass is 16.3. The molecule has 0 bridgehead atoms. The Morgan fingerprint density at radius 2 is 0.933 bits per heavy atom. The van der Waals surface area contributed by atoms with Crippen molar-refractivity contribution in [3.8, 4) is 16.9 Å². The van der Waals surface area contributed by atoms with Gasteiger partial charge in [-0.3, -0.25) is 0 Å². The zero-order chi connectivity index (χ0) is 20.2. The fourth-order valence-electron chi connectivity index (χ4n) is 4.87. The summed E-state index contributed by atoms with van der Waals surface area (Å²) in [5.74, 6) is 0.354. The number of benzene rings is 6. The maximum atomic E-state index is 11.4. The van der Waals surface area contributed by atoms with E-state index in [0.717, 1.165) is 32.7 Å². The zero-order valence-electron chi connectivity index (χ0n) is 16.7. The Labute approximate surface area is 174 Å². The van der Waals surface area contributed by atoms with Crippen molar-refractivity contribution < 1.29 is 5.11 Å². The van der Waals surface area contributed by atoms with Gasteiger partial charge >= 0.3 is 0 Å². The van der Waals surface area contributed by atoms with Gasteiger partial charge in [0.05, 0.1) is 0 Å². The fraction of sp³-hybridized carbons (Fsp3) is 0.0345. The maximum Gasteiger partial charge on any atom is 0.131 e. The van der Waals surface area contributed by atoms with Gasteiger partial charge in [-0.2, -0.15) is 0 Å². The number of hydrogen-bond acceptors (Lipinski definition) is 1. The van der Waals surface area contributed by atoms with Crippen LogP contribution in [0.4, 0.5) is 0 Å². The Morgan fingerprint density at radius 1 is 0.467 bits per heavy atom. The summed E-state index contributed by atoms with van der Waals surface area (Å²) >= 11 is 0. The molecular formula is C29H20O. The Morgan fingerprint density at radius 3 is 1.60 bits per heavy atom. The summed E-state index contributed by atoms with van der Waals surface area (Å²) < 4.78 is 0. The largest absolute Gasteiger partial charge is 0.507 e. The molecule has 0 heterocycles. The Kier molecular flexibility index (Phi) is 3.60. The molecule has 0 saturated carbocycles. The molecule has 6 aromatic carbocycles. The molecule has 142 valence electrons. The Bertz CT molecular complexity index is 1490. The predicted octanol–water partition coefficient (Wildman–Crippen LogP) is 7.98. The van der Waals surface area contributed by atoms with Crippen molar-refractivity contribution in [1.82, 2.24) is 0 Å². The van der Waals surface area contributed by atoms with Crippen LogP contribution in [0.2, 0.25) is 0 Å². The third-order valence-electron chi connectivity index (χ3n) is 6.34. The van der Waals surface area contributed by atoms with Gasteiger partial charge in [-0.05, 0) is 55.8 Å². The van der Waals surface area contributed by atoms with Crippen molar-refractivity contribution in [3.05, 3.63) is 103 Å². The topological polar surface area (TPSA) is 20.2 Å². The minimum absolute atomic E-state index is 0.354. The van der Waals surface area contributed by atoms with Crippen molar-refractivity contribution >= 4 is 43.1 Å². The van der Waals surface area contributed by atoms with Crippen LogP contribution in [-0.4, -0.2) is 5.11 Å². The van der Waals surface area contributed by atoms with E-state index < -0.39 is 0 Å². The maximum absolute atomic E-state index is 11.4. The molecule has 1 nitrogen and oxygen atoms in total. The van der Waals surface area contributed by atoms with Crippen molar-refractivity contribution in [3.63, 3.8) is 0 Å². The van der Waals surface area contributed by atoms with E-state index in [1.54, 1.807) is 0 Å². The minimum atomic E-state index is 0.354. The summed E-state index contributed by atoms with van der Waals surface area (Å²) in [6.45, 7) is 2.16. The van der Waals surface area contributed by atoms with Gasteiger partial charge in [-0.25, -0.2) is 0 Å². The average Bonchev–Trinajstić information content (AvgIpc) is 2.79. The van der Waals surface area contributed by atoms with Gasteiger partial charge in [0, 0.05) is 10.9 Å². The van der Waals surface area contributed by atoms with Crippen LogP contribution in [0.25, 0.3) is 54.2 Å². The molecule has 30 heavy (non-hydrogen) atoms. The predicted molar refractivity (Wildman–Crippen MR) is 128 cm³/mol. The first-order valence-electron chi connectivity index (χ1n) is 10.3. The molecule has 0 fully saturated rings. The number of aryl methyl sites for hydroxylation is 1. The highest BCUT2D eigenvalue weighted by Crippen LogP contribution is 2.42. The van der Waals surface area contributed by atoms with Crippen molar-refractivity contribution in [2.24, 2.45) is 0 Å². The Hall–Kier alpha value is -3.84. The van der Waals surface area contributed by atoms with Gasteiger partial charge < -0.3 is 5.11 Å². The number of phenolic OH excluding ortho intramolecular Hbond substituents is 1. The summed E-state index contributed by atoms with van der Waals surface area (Å²) in [5, 5.41) is 20.6. The quantitative estimate of drug-likeness (QED) is 0.285. The first kappa shape index (κ1) is 17.1. The molecule has 0 radical (unpaired) electrons. The smallest absolute Gasteiger partial charge is 0.131 e. The van der Waals surface area contributed by atoms with Crippen LogP contribution < -0.4 is 0 Å². The molecule has 0 aliphatic heterocycles. The van der Waals surface area contributed by atoms with Gasteiger partial charge in [-0.1, -0.05) is 97.1 Å². The Balaban J connectivity index is 1.71. The highest BCUT2D eigenvalue weighted by Gasteiger charge is 2.15. The highest BCUT2D eigenvalue weighted by molar-refractivity contribution is 6.14. The van der Waals surface area contributed by atoms with Gasteiger partial charge in [-0.15, -0.1) is 0 Å². The van der Waals surface area contributed by atoms with Crippen LogP contribution in [0, 0.1) is 6.92 Å². The zero-order valence-corrected chi connectivity index (χ0v) is 16.7. The molecule has 0 unspecified atom stereocenters. The standard InChI is InChI=1S/C29H20O/c1-18-23(16-14-21-12-10-19-6-2-4-8-24(19)27(18)21)26-17-15-22-13-11-20-7-3-5-9-25(20)28(22)29(26)30/h2-17,30H,1H3. The molecule has 0 aromatic heterocycles. The first-order chi connectivity index (χ1) is 14.7. The molecule has 0 spiro atoms. The number of hydrogen-bond donors (Lipinski definition) is 1. The van der Waals surface area contributed by atoms with E-state index in [1.165, 1.54) is 27.1 Å². The summed E-state index contributed by atoms with van der Waals surface area (Å²) in [7, 11) is 0. The molecule has 0 aliphatic carbocycles. The number of phenols is 1. The van der Waals surface area contributed by atoms with Crippen molar-refractivity contribution in [2.45, 2.75) is 6.92 Å². The van der Waals surface area contributed by atoms with E-state index in [0.29, 0.717) is 5.75 Å². The van der Waals surface area contributed by atoms with Gasteiger partial charge in [0.15, 0.2) is 0 Å². The van der Waals surface area contributed by atoms with E-state index in [2.05, 4.69) is 85.8 Å². The van der Waals surface area contributed by atoms with Crippen LogP contribution in [0.1, 0.15) is 5.56 Å². The molecule has 1 heteroatoms. The molecule has 0 saturated heterocycles. The molecule has 0 aliphatic rings. The SMILES string of the molecule is Cc1c(-c2ccc3ccc4ccccc4c3c2O)ccc2ccc3ccccc3c12. The van der Waals surface area contributed by atoms with E-state index >= 15 is 0 Å². The first-order valence-corrected chi connectivity index (χ1v) is 10.3. The van der Waals surface area contributed by atoms with E-state index in [-0.39, 0.29) is 0 Å². The summed E-state index contributed by atoms with van der Waals surface area (Å²) in [5.41, 5.74) is 3.15. The normalized spacial score (nSPS) is 11.6. The third-order valence-corrected chi connectivity index (χ3v) is 6.34. The second kappa shape index (κ2) is 6.33. The van der Waals surface area contributed by atoms with Crippen LogP contribution in [0.15, 0.2) is 97.1 Å². The van der Waals surface area contributed by atoms with E-state index in [4.69, 9.17) is 0 Å². The third kappa shape index (κ3) is 2.36. The van der Waals surface area contributed by atoms with Crippen LogP contribution in [-0.2, 0) is 0 Å². The van der Waals surface area contributed by atoms with E-state index in [1.807, 2.05) is 18.2 Å². The monoisotopic (exact) mass is 384 g/mol. The van der Waals surface area contributed by atoms with Crippen molar-refractivity contribution in [2.75, 3.05) is 0 Å². The summed E-state index contributed by atoms with van der Waals surface area (Å²) in [4.78, 5) is 0. The van der Waals surface area contributed by atoms with Crippen LogP contribution >= 0.6 is 0 Å². The minimum Gasteiger partial charge on any atom is -0.507 e. The van der Waals surface area contributed by atoms with Crippen LogP contribution in [0.3, 0.4) is 0 Å². The van der Waals surface area contributed by atoms with Gasteiger partial charge in [0.2, 0.25) is 0 Å². The molecule has 0 atom stereocenters. The lowest BCUT2D eigenvalue weighted by Crippen LogP contribution is -1.89. The molecular weight excluding hydrogens is 364 g/mol. The lowest BCUT2D eigenvalue weighted by Gasteiger charge is -2.15. The number of fused-ring (bicyclic) bond motifs is 6. The molecule has 0 amide bonds. The molecule has 1 N–H and O–H groups in total. The summed E-state index contributed by atoms with van der Waals surface area (Å²) in [6.07, 6.45) is 0. The molecule has 6 aromatic rings.